The molecule has 0 aliphatic rings. The molecule has 0 aliphatic carbocycles. The number of furan rings is 1. The van der Waals surface area contributed by atoms with Gasteiger partial charge in [-0.05, 0) is 106 Å². The highest BCUT2D eigenvalue weighted by molar-refractivity contribution is 6.23. The highest BCUT2D eigenvalue weighted by Gasteiger charge is 2.19. The quantitative estimate of drug-likeness (QED) is 0.170. The van der Waals surface area contributed by atoms with Crippen molar-refractivity contribution in [2.24, 2.45) is 0 Å². The average Bonchev–Trinajstić information content (AvgIpc) is 3.94. The Morgan fingerprint density at radius 1 is 0.298 bits per heavy atom. The summed E-state index contributed by atoms with van der Waals surface area (Å²) in [6.07, 6.45) is 0. The molecule has 0 aliphatic heterocycles. The van der Waals surface area contributed by atoms with Gasteiger partial charge >= 0.3 is 0 Å². The van der Waals surface area contributed by atoms with Crippen molar-refractivity contribution in [1.29, 1.82) is 0 Å². The van der Waals surface area contributed by atoms with Crippen LogP contribution in [0.4, 0.5) is 17.1 Å². The highest BCUT2D eigenvalue weighted by Crippen LogP contribution is 2.43. The maximum atomic E-state index is 6.48. The van der Waals surface area contributed by atoms with E-state index in [-0.39, 0.29) is 0 Å². The minimum atomic E-state index is 0.872. The van der Waals surface area contributed by atoms with E-state index in [0.29, 0.717) is 0 Å². The number of para-hydroxylation sites is 2. The van der Waals surface area contributed by atoms with E-state index in [9.17, 15) is 0 Å². The summed E-state index contributed by atoms with van der Waals surface area (Å²) < 4.78 is 8.92. The van der Waals surface area contributed by atoms with Crippen LogP contribution >= 0.6 is 0 Å². The number of aromatic nitrogens is 1. The van der Waals surface area contributed by atoms with Gasteiger partial charge in [-0.15, -0.1) is 0 Å². The van der Waals surface area contributed by atoms with Gasteiger partial charge in [-0.25, -0.2) is 0 Å². The Balaban J connectivity index is 0.982. The molecule has 57 heavy (non-hydrogen) atoms. The Morgan fingerprint density at radius 3 is 1.42 bits per heavy atom. The molecule has 0 unspecified atom stereocenters. The summed E-state index contributed by atoms with van der Waals surface area (Å²) >= 11 is 0. The van der Waals surface area contributed by atoms with Crippen molar-refractivity contribution in [1.82, 2.24) is 4.40 Å². The fourth-order valence-electron chi connectivity index (χ4n) is 9.01. The number of nitrogens with zero attached hydrogens (tertiary/aromatic N) is 2. The van der Waals surface area contributed by atoms with Crippen LogP contribution in [0.5, 0.6) is 0 Å². The minimum Gasteiger partial charge on any atom is -0.456 e. The molecular formula is C54H34N2O. The van der Waals surface area contributed by atoms with Gasteiger partial charge in [0.1, 0.15) is 11.2 Å². The molecule has 0 bridgehead atoms. The zero-order valence-corrected chi connectivity index (χ0v) is 30.9. The van der Waals surface area contributed by atoms with Crippen LogP contribution in [-0.4, -0.2) is 4.40 Å². The molecular weight excluding hydrogens is 693 g/mol. The van der Waals surface area contributed by atoms with Gasteiger partial charge in [0.05, 0.1) is 16.6 Å². The van der Waals surface area contributed by atoms with Crippen molar-refractivity contribution in [3.05, 3.63) is 206 Å². The lowest BCUT2D eigenvalue weighted by Gasteiger charge is -2.26. The second-order valence-corrected chi connectivity index (χ2v) is 14.9. The predicted molar refractivity (Wildman–Crippen MR) is 239 cm³/mol. The third kappa shape index (κ3) is 4.99. The van der Waals surface area contributed by atoms with Gasteiger partial charge in [0, 0.05) is 49.4 Å². The van der Waals surface area contributed by atoms with Crippen molar-refractivity contribution in [2.45, 2.75) is 0 Å². The lowest BCUT2D eigenvalue weighted by atomic mass is 10.00. The van der Waals surface area contributed by atoms with E-state index in [1.165, 1.54) is 65.9 Å². The summed E-state index contributed by atoms with van der Waals surface area (Å²) in [5.74, 6) is 0. The number of anilines is 3. The van der Waals surface area contributed by atoms with Gasteiger partial charge in [-0.3, -0.25) is 0 Å². The fourth-order valence-corrected chi connectivity index (χ4v) is 9.01. The molecule has 0 radical (unpaired) electrons. The summed E-state index contributed by atoms with van der Waals surface area (Å²) in [4.78, 5) is 2.34. The Kier molecular flexibility index (Phi) is 6.93. The number of hydrogen-bond acceptors (Lipinski definition) is 2. The molecule has 3 nitrogen and oxygen atoms in total. The normalized spacial score (nSPS) is 11.9. The van der Waals surface area contributed by atoms with Gasteiger partial charge < -0.3 is 13.7 Å². The first kappa shape index (κ1) is 31.7. The summed E-state index contributed by atoms with van der Waals surface area (Å²) in [6, 6.07) is 74.3. The van der Waals surface area contributed by atoms with E-state index in [0.717, 1.165) is 44.6 Å². The van der Waals surface area contributed by atoms with Crippen LogP contribution < -0.4 is 4.90 Å². The second kappa shape index (κ2) is 12.5. The van der Waals surface area contributed by atoms with Gasteiger partial charge in [0.2, 0.25) is 0 Å². The van der Waals surface area contributed by atoms with Crippen molar-refractivity contribution in [3.63, 3.8) is 0 Å². The van der Waals surface area contributed by atoms with Crippen LogP contribution in [0.1, 0.15) is 0 Å². The summed E-state index contributed by atoms with van der Waals surface area (Å²) in [5, 5.41) is 7.34. The molecule has 0 fully saturated rings. The molecule has 0 N–H and O–H groups in total. The van der Waals surface area contributed by atoms with Gasteiger partial charge in [0.15, 0.2) is 0 Å². The summed E-state index contributed by atoms with van der Waals surface area (Å²) in [7, 11) is 0. The first-order valence-corrected chi connectivity index (χ1v) is 19.5. The topological polar surface area (TPSA) is 20.8 Å². The maximum absolute atomic E-state index is 6.48. The van der Waals surface area contributed by atoms with Crippen molar-refractivity contribution in [3.8, 4) is 33.4 Å². The highest BCUT2D eigenvalue weighted by atomic mass is 16.3. The first-order chi connectivity index (χ1) is 28.2. The van der Waals surface area contributed by atoms with Crippen molar-refractivity contribution >= 4 is 77.1 Å². The predicted octanol–water partition coefficient (Wildman–Crippen LogP) is 15.2. The third-order valence-electron chi connectivity index (χ3n) is 11.7. The minimum absolute atomic E-state index is 0.872. The van der Waals surface area contributed by atoms with Crippen LogP contribution in [0.2, 0.25) is 0 Å². The molecule has 266 valence electrons. The second-order valence-electron chi connectivity index (χ2n) is 14.9. The number of fused-ring (bicyclic) bond motifs is 9. The molecule has 9 aromatic carbocycles. The Bertz CT molecular complexity index is 3350. The standard InChI is InChI=1S/C54H34N2O/c1-3-10-35(11-4-1)37-18-24-41(25-19-37)55(42-26-20-38(21-27-42)36-12-5-2-6-13-36)43-28-31-53-49(34-43)48-33-40(23-30-52(48)57-53)39-22-29-51-47(32-39)46-16-9-15-45-44-14-7-8-17-50(44)56(51)54(45)46/h1-34H. The van der Waals surface area contributed by atoms with E-state index in [2.05, 4.69) is 216 Å². The SMILES string of the molecule is c1ccc(-c2ccc(N(c3ccc(-c4ccccc4)cc3)c3ccc4oc5ccc(-c6ccc7c(c6)c6cccc8c9ccccc9n7c86)cc5c4c3)cc2)cc1. The molecule has 3 aromatic heterocycles. The average molecular weight is 727 g/mol. The molecule has 0 atom stereocenters. The maximum Gasteiger partial charge on any atom is 0.135 e. The fraction of sp³-hybridized carbons (Fsp3) is 0. The van der Waals surface area contributed by atoms with Gasteiger partial charge in [0.25, 0.3) is 0 Å². The largest absolute Gasteiger partial charge is 0.456 e. The van der Waals surface area contributed by atoms with Crippen LogP contribution in [0, 0.1) is 0 Å². The molecule has 0 amide bonds. The van der Waals surface area contributed by atoms with Gasteiger partial charge in [-0.2, -0.15) is 0 Å². The Hall–Kier alpha value is -7.62. The Labute approximate surface area is 329 Å². The van der Waals surface area contributed by atoms with Crippen LogP contribution in [0.15, 0.2) is 211 Å². The first-order valence-electron chi connectivity index (χ1n) is 19.5. The third-order valence-corrected chi connectivity index (χ3v) is 11.7. The molecule has 12 rings (SSSR count). The van der Waals surface area contributed by atoms with E-state index in [4.69, 9.17) is 4.42 Å². The van der Waals surface area contributed by atoms with E-state index in [1.807, 2.05) is 0 Å². The zero-order valence-electron chi connectivity index (χ0n) is 30.9. The summed E-state index contributed by atoms with van der Waals surface area (Å²) in [5.41, 5.74) is 15.9. The lowest BCUT2D eigenvalue weighted by Crippen LogP contribution is -2.09. The zero-order chi connectivity index (χ0) is 37.5. The molecule has 0 saturated heterocycles. The Morgan fingerprint density at radius 2 is 0.754 bits per heavy atom. The molecule has 0 spiro atoms. The number of hydrogen-bond donors (Lipinski definition) is 0. The monoisotopic (exact) mass is 726 g/mol. The van der Waals surface area contributed by atoms with E-state index < -0.39 is 0 Å². The van der Waals surface area contributed by atoms with Crippen LogP contribution in [-0.2, 0) is 0 Å². The number of rotatable bonds is 6. The molecule has 3 heteroatoms. The van der Waals surface area contributed by atoms with E-state index >= 15 is 0 Å². The van der Waals surface area contributed by atoms with Crippen molar-refractivity contribution < 1.29 is 4.42 Å². The van der Waals surface area contributed by atoms with Gasteiger partial charge in [-0.1, -0.05) is 133 Å². The van der Waals surface area contributed by atoms with E-state index in [1.54, 1.807) is 0 Å². The number of benzene rings is 9. The molecule has 0 saturated carbocycles. The smallest absolute Gasteiger partial charge is 0.135 e. The van der Waals surface area contributed by atoms with Crippen LogP contribution in [0.3, 0.4) is 0 Å². The summed E-state index contributed by atoms with van der Waals surface area (Å²) in [6.45, 7) is 0. The molecule has 12 aromatic rings. The van der Waals surface area contributed by atoms with Crippen LogP contribution in [0.25, 0.3) is 93.4 Å². The molecule has 3 heterocycles. The lowest BCUT2D eigenvalue weighted by molar-refractivity contribution is 0.669. The van der Waals surface area contributed by atoms with Crippen molar-refractivity contribution in [2.75, 3.05) is 4.90 Å².